The van der Waals surface area contributed by atoms with Gasteiger partial charge in [0.1, 0.15) is 0 Å². The lowest BCUT2D eigenvalue weighted by atomic mass is 10.2. The van der Waals surface area contributed by atoms with Crippen LogP contribution >= 0.6 is 11.6 Å². The van der Waals surface area contributed by atoms with E-state index in [9.17, 15) is 18.0 Å². The molecule has 1 amide bonds. The second-order valence-corrected chi connectivity index (χ2v) is 10.0. The highest BCUT2D eigenvalue weighted by molar-refractivity contribution is 7.89. The molecule has 1 aliphatic heterocycles. The summed E-state index contributed by atoms with van der Waals surface area (Å²) < 4.78 is 38.0. The molecule has 0 saturated carbocycles. The highest BCUT2D eigenvalue weighted by atomic mass is 35.5. The molecule has 2 aromatic rings. The molecule has 1 aliphatic rings. The third-order valence-corrected chi connectivity index (χ3v) is 7.12. The predicted octanol–water partition coefficient (Wildman–Crippen LogP) is 3.24. The van der Waals surface area contributed by atoms with Gasteiger partial charge >= 0.3 is 5.97 Å². The molecule has 172 valence electrons. The van der Waals surface area contributed by atoms with Crippen LogP contribution in [0.5, 0.6) is 0 Å². The van der Waals surface area contributed by atoms with Crippen molar-refractivity contribution in [1.29, 1.82) is 0 Å². The lowest BCUT2D eigenvalue weighted by Crippen LogP contribution is -2.48. The SMILES string of the molecule is Cc1ccc(NC(=O)COC(=O)c2cccc(S(=O)(=O)N3CC(C)OC(C)C3)c2)cc1Cl. The van der Waals surface area contributed by atoms with Crippen LogP contribution in [0.1, 0.15) is 29.8 Å². The summed E-state index contributed by atoms with van der Waals surface area (Å²) in [5, 5.41) is 3.09. The van der Waals surface area contributed by atoms with Crippen LogP contribution in [0, 0.1) is 6.92 Å². The molecule has 1 saturated heterocycles. The molecule has 32 heavy (non-hydrogen) atoms. The van der Waals surface area contributed by atoms with Crippen LogP contribution in [0.3, 0.4) is 0 Å². The van der Waals surface area contributed by atoms with Gasteiger partial charge in [0.25, 0.3) is 5.91 Å². The first-order valence-electron chi connectivity index (χ1n) is 10.0. The van der Waals surface area contributed by atoms with Crippen molar-refractivity contribution in [3.8, 4) is 0 Å². The fourth-order valence-corrected chi connectivity index (χ4v) is 5.16. The van der Waals surface area contributed by atoms with E-state index < -0.39 is 28.5 Å². The number of anilines is 1. The van der Waals surface area contributed by atoms with E-state index in [0.717, 1.165) is 5.56 Å². The fourth-order valence-electron chi connectivity index (χ4n) is 3.34. The maximum Gasteiger partial charge on any atom is 0.338 e. The number of hydrogen-bond donors (Lipinski definition) is 1. The van der Waals surface area contributed by atoms with Gasteiger partial charge in [-0.15, -0.1) is 0 Å². The number of benzene rings is 2. The van der Waals surface area contributed by atoms with Crippen LogP contribution in [0.25, 0.3) is 0 Å². The van der Waals surface area contributed by atoms with E-state index in [2.05, 4.69) is 5.32 Å². The minimum absolute atomic E-state index is 0.0213. The number of rotatable bonds is 6. The van der Waals surface area contributed by atoms with Crippen LogP contribution in [0.2, 0.25) is 5.02 Å². The fraction of sp³-hybridized carbons (Fsp3) is 0.364. The van der Waals surface area contributed by atoms with Gasteiger partial charge in [-0.1, -0.05) is 23.7 Å². The largest absolute Gasteiger partial charge is 0.452 e. The van der Waals surface area contributed by atoms with E-state index in [1.165, 1.54) is 28.6 Å². The Morgan fingerprint density at radius 2 is 1.84 bits per heavy atom. The molecule has 3 rings (SSSR count). The second kappa shape index (κ2) is 9.99. The molecule has 1 heterocycles. The van der Waals surface area contributed by atoms with Gasteiger partial charge in [-0.05, 0) is 56.7 Å². The Morgan fingerprint density at radius 3 is 2.50 bits per heavy atom. The van der Waals surface area contributed by atoms with Crippen LogP contribution < -0.4 is 5.32 Å². The summed E-state index contributed by atoms with van der Waals surface area (Å²) in [6.07, 6.45) is -0.466. The Labute approximate surface area is 192 Å². The summed E-state index contributed by atoms with van der Waals surface area (Å²) in [6.45, 7) is 5.38. The topological polar surface area (TPSA) is 102 Å². The van der Waals surface area contributed by atoms with Gasteiger partial charge in [-0.2, -0.15) is 4.31 Å². The Balaban J connectivity index is 1.64. The molecule has 0 radical (unpaired) electrons. The van der Waals surface area contributed by atoms with E-state index in [-0.39, 0.29) is 35.8 Å². The summed E-state index contributed by atoms with van der Waals surface area (Å²) in [6, 6.07) is 10.6. The average molecular weight is 481 g/mol. The molecule has 0 bridgehead atoms. The number of aryl methyl sites for hydroxylation is 1. The van der Waals surface area contributed by atoms with Crippen molar-refractivity contribution in [3.63, 3.8) is 0 Å². The third kappa shape index (κ3) is 5.86. The van der Waals surface area contributed by atoms with E-state index >= 15 is 0 Å². The van der Waals surface area contributed by atoms with Crippen molar-refractivity contribution in [3.05, 3.63) is 58.6 Å². The van der Waals surface area contributed by atoms with Crippen molar-refractivity contribution in [1.82, 2.24) is 4.31 Å². The molecule has 2 atom stereocenters. The van der Waals surface area contributed by atoms with Gasteiger partial charge in [0, 0.05) is 23.8 Å². The Hall–Kier alpha value is -2.46. The smallest absolute Gasteiger partial charge is 0.338 e. The van der Waals surface area contributed by atoms with Crippen LogP contribution in [-0.2, 0) is 24.3 Å². The molecule has 0 spiro atoms. The van der Waals surface area contributed by atoms with Crippen molar-refractivity contribution in [2.75, 3.05) is 25.0 Å². The molecule has 1 N–H and O–H groups in total. The highest BCUT2D eigenvalue weighted by Crippen LogP contribution is 2.22. The monoisotopic (exact) mass is 480 g/mol. The number of carbonyl (C=O) groups excluding carboxylic acids is 2. The molecule has 0 aromatic heterocycles. The van der Waals surface area contributed by atoms with Crippen molar-refractivity contribution < 1.29 is 27.5 Å². The zero-order valence-electron chi connectivity index (χ0n) is 18.0. The molecule has 0 aliphatic carbocycles. The van der Waals surface area contributed by atoms with Gasteiger partial charge in [0.05, 0.1) is 22.7 Å². The zero-order chi connectivity index (χ0) is 23.5. The molecule has 2 unspecified atom stereocenters. The average Bonchev–Trinajstić information content (AvgIpc) is 2.74. The van der Waals surface area contributed by atoms with Gasteiger partial charge in [0.2, 0.25) is 10.0 Å². The van der Waals surface area contributed by atoms with Gasteiger partial charge < -0.3 is 14.8 Å². The van der Waals surface area contributed by atoms with Gasteiger partial charge in [-0.3, -0.25) is 4.79 Å². The number of esters is 1. The van der Waals surface area contributed by atoms with E-state index in [4.69, 9.17) is 21.1 Å². The van der Waals surface area contributed by atoms with E-state index in [1.54, 1.807) is 18.2 Å². The first-order chi connectivity index (χ1) is 15.1. The molecule has 1 fully saturated rings. The molecular formula is C22H25ClN2O6S. The van der Waals surface area contributed by atoms with Crippen molar-refractivity contribution in [2.24, 2.45) is 0 Å². The van der Waals surface area contributed by atoms with Crippen molar-refractivity contribution in [2.45, 2.75) is 37.9 Å². The van der Waals surface area contributed by atoms with E-state index in [1.807, 2.05) is 20.8 Å². The first kappa shape index (κ1) is 24.2. The number of hydrogen-bond acceptors (Lipinski definition) is 6. The number of carbonyl (C=O) groups is 2. The van der Waals surface area contributed by atoms with Crippen LogP contribution in [-0.4, -0.2) is 56.5 Å². The summed E-state index contributed by atoms with van der Waals surface area (Å²) in [5.41, 5.74) is 1.38. The van der Waals surface area contributed by atoms with E-state index in [0.29, 0.717) is 10.7 Å². The highest BCUT2D eigenvalue weighted by Gasteiger charge is 2.32. The normalized spacial score (nSPS) is 19.4. The van der Waals surface area contributed by atoms with Crippen molar-refractivity contribution >= 4 is 39.2 Å². The number of nitrogens with zero attached hydrogens (tertiary/aromatic N) is 1. The number of amides is 1. The number of ether oxygens (including phenoxy) is 2. The Kier molecular flexibility index (Phi) is 7.55. The lowest BCUT2D eigenvalue weighted by molar-refractivity contribution is -0.119. The number of sulfonamides is 1. The Bertz CT molecular complexity index is 1110. The minimum atomic E-state index is -3.81. The van der Waals surface area contributed by atoms with Gasteiger partial charge in [-0.25, -0.2) is 13.2 Å². The minimum Gasteiger partial charge on any atom is -0.452 e. The van der Waals surface area contributed by atoms with Gasteiger partial charge in [0.15, 0.2) is 6.61 Å². The standard InChI is InChI=1S/C22H25ClN2O6S/c1-14-7-8-18(10-20(14)23)24-21(26)13-30-22(27)17-5-4-6-19(9-17)32(28,29)25-11-15(2)31-16(3)12-25/h4-10,15-16H,11-13H2,1-3H3,(H,24,26). The maximum atomic E-state index is 13.0. The third-order valence-electron chi connectivity index (χ3n) is 4.88. The van der Waals surface area contributed by atoms with Crippen LogP contribution in [0.15, 0.2) is 47.4 Å². The quantitative estimate of drug-likeness (QED) is 0.637. The van der Waals surface area contributed by atoms with Crippen LogP contribution in [0.4, 0.5) is 5.69 Å². The maximum absolute atomic E-state index is 13.0. The summed E-state index contributed by atoms with van der Waals surface area (Å²) in [7, 11) is -3.81. The molecule has 8 nitrogen and oxygen atoms in total. The first-order valence-corrected chi connectivity index (χ1v) is 11.9. The number of morpholine rings is 1. The zero-order valence-corrected chi connectivity index (χ0v) is 19.6. The lowest BCUT2D eigenvalue weighted by Gasteiger charge is -2.34. The number of halogens is 1. The molecule has 2 aromatic carbocycles. The summed E-state index contributed by atoms with van der Waals surface area (Å²) in [5.74, 6) is -1.35. The molecular weight excluding hydrogens is 456 g/mol. The summed E-state index contributed by atoms with van der Waals surface area (Å²) >= 11 is 6.03. The Morgan fingerprint density at radius 1 is 1.16 bits per heavy atom. The second-order valence-electron chi connectivity index (χ2n) is 7.70. The number of nitrogens with one attached hydrogen (secondary N) is 1. The molecule has 10 heteroatoms. The summed E-state index contributed by atoms with van der Waals surface area (Å²) in [4.78, 5) is 24.5. The predicted molar refractivity (Wildman–Crippen MR) is 120 cm³/mol.